The molecule has 1 heterocycles. The molecular formula is C22H21NO6. The second-order valence-corrected chi connectivity index (χ2v) is 5.95. The average Bonchev–Trinajstić information content (AvgIpc) is 3.25. The van der Waals surface area contributed by atoms with Crippen LogP contribution in [0, 0.1) is 0 Å². The Bertz CT molecular complexity index is 969. The standard InChI is InChI=1S/C22H21NO6/c1-25-19-11-15(12-20(26-2)22(19)27-3)9-10-21(24)28-14-17-13-18(29-23-17)16-7-5-4-6-8-16/h4-13H,14H2,1-3H3/b10-9-. The van der Waals surface area contributed by atoms with Crippen molar-refractivity contribution in [2.75, 3.05) is 21.3 Å². The van der Waals surface area contributed by atoms with Crippen LogP contribution in [0.4, 0.5) is 0 Å². The van der Waals surface area contributed by atoms with Crippen molar-refractivity contribution in [1.29, 1.82) is 0 Å². The fourth-order valence-corrected chi connectivity index (χ4v) is 2.67. The van der Waals surface area contributed by atoms with Crippen molar-refractivity contribution < 1.29 is 28.3 Å². The highest BCUT2D eigenvalue weighted by atomic mass is 16.5. The van der Waals surface area contributed by atoms with Crippen molar-refractivity contribution in [1.82, 2.24) is 5.16 Å². The van der Waals surface area contributed by atoms with Crippen molar-refractivity contribution in [3.63, 3.8) is 0 Å². The van der Waals surface area contributed by atoms with Gasteiger partial charge in [-0.25, -0.2) is 4.79 Å². The fraction of sp³-hybridized carbons (Fsp3) is 0.182. The van der Waals surface area contributed by atoms with Gasteiger partial charge in [0.25, 0.3) is 0 Å². The van der Waals surface area contributed by atoms with E-state index in [9.17, 15) is 4.79 Å². The monoisotopic (exact) mass is 395 g/mol. The zero-order chi connectivity index (χ0) is 20.6. The van der Waals surface area contributed by atoms with Gasteiger partial charge in [0.2, 0.25) is 5.75 Å². The molecule has 0 saturated carbocycles. The highest BCUT2D eigenvalue weighted by Gasteiger charge is 2.12. The van der Waals surface area contributed by atoms with Gasteiger partial charge in [-0.3, -0.25) is 0 Å². The predicted octanol–water partition coefficient (Wildman–Crippen LogP) is 4.12. The molecule has 0 fully saturated rings. The summed E-state index contributed by atoms with van der Waals surface area (Å²) in [6.07, 6.45) is 2.92. The zero-order valence-electron chi connectivity index (χ0n) is 16.4. The number of methoxy groups -OCH3 is 3. The number of carbonyl (C=O) groups excluding carboxylic acids is 1. The summed E-state index contributed by atoms with van der Waals surface area (Å²) in [5.41, 5.74) is 2.13. The Balaban J connectivity index is 1.62. The summed E-state index contributed by atoms with van der Waals surface area (Å²) < 4.78 is 26.4. The maximum absolute atomic E-state index is 12.0. The van der Waals surface area contributed by atoms with Gasteiger partial charge in [-0.15, -0.1) is 0 Å². The van der Waals surface area contributed by atoms with Gasteiger partial charge in [-0.2, -0.15) is 0 Å². The lowest BCUT2D eigenvalue weighted by atomic mass is 10.1. The Morgan fingerprint density at radius 1 is 1.00 bits per heavy atom. The lowest BCUT2D eigenvalue weighted by molar-refractivity contribution is -0.139. The summed E-state index contributed by atoms with van der Waals surface area (Å²) in [5, 5.41) is 3.92. The van der Waals surface area contributed by atoms with E-state index in [2.05, 4.69) is 5.16 Å². The predicted molar refractivity (Wildman–Crippen MR) is 107 cm³/mol. The van der Waals surface area contributed by atoms with Crippen LogP contribution in [0.2, 0.25) is 0 Å². The summed E-state index contributed by atoms with van der Waals surface area (Å²) in [4.78, 5) is 12.0. The molecule has 1 aromatic heterocycles. The maximum atomic E-state index is 12.0. The highest BCUT2D eigenvalue weighted by Crippen LogP contribution is 2.38. The number of ether oxygens (including phenoxy) is 4. The molecule has 2 aromatic carbocycles. The number of hydrogen-bond acceptors (Lipinski definition) is 7. The molecule has 29 heavy (non-hydrogen) atoms. The first-order valence-electron chi connectivity index (χ1n) is 8.80. The van der Waals surface area contributed by atoms with Crippen LogP contribution in [0.5, 0.6) is 17.2 Å². The van der Waals surface area contributed by atoms with E-state index in [-0.39, 0.29) is 6.61 Å². The topological polar surface area (TPSA) is 80.0 Å². The maximum Gasteiger partial charge on any atom is 0.331 e. The number of carbonyl (C=O) groups is 1. The van der Waals surface area contributed by atoms with E-state index >= 15 is 0 Å². The van der Waals surface area contributed by atoms with Crippen LogP contribution in [-0.4, -0.2) is 32.5 Å². The first kappa shape index (κ1) is 20.0. The second kappa shape index (κ2) is 9.45. The van der Waals surface area contributed by atoms with Crippen LogP contribution in [0.25, 0.3) is 17.4 Å². The Labute approximate surface area is 168 Å². The van der Waals surface area contributed by atoms with Gasteiger partial charge in [-0.05, 0) is 23.8 Å². The van der Waals surface area contributed by atoms with Crippen molar-refractivity contribution in [3.8, 4) is 28.6 Å². The van der Waals surface area contributed by atoms with Crippen LogP contribution in [0.15, 0.2) is 59.1 Å². The van der Waals surface area contributed by atoms with Gasteiger partial charge >= 0.3 is 5.97 Å². The molecule has 0 saturated heterocycles. The van der Waals surface area contributed by atoms with E-state index in [1.54, 1.807) is 24.3 Å². The number of benzene rings is 2. The number of esters is 1. The molecule has 0 atom stereocenters. The molecule has 3 aromatic rings. The first-order valence-corrected chi connectivity index (χ1v) is 8.80. The SMILES string of the molecule is COc1cc(/C=C\C(=O)OCc2cc(-c3ccccc3)on2)cc(OC)c1OC. The normalized spacial score (nSPS) is 10.7. The summed E-state index contributed by atoms with van der Waals surface area (Å²) in [7, 11) is 4.59. The smallest absolute Gasteiger partial charge is 0.331 e. The molecule has 7 nitrogen and oxygen atoms in total. The number of hydrogen-bond donors (Lipinski definition) is 0. The molecule has 0 amide bonds. The van der Waals surface area contributed by atoms with Crippen LogP contribution >= 0.6 is 0 Å². The number of aromatic nitrogens is 1. The van der Waals surface area contributed by atoms with Crippen LogP contribution in [0.3, 0.4) is 0 Å². The fourth-order valence-electron chi connectivity index (χ4n) is 2.67. The minimum atomic E-state index is -0.511. The van der Waals surface area contributed by atoms with Gasteiger partial charge in [0.1, 0.15) is 12.3 Å². The van der Waals surface area contributed by atoms with Gasteiger partial charge in [0.15, 0.2) is 17.3 Å². The lowest BCUT2D eigenvalue weighted by Gasteiger charge is -2.12. The van der Waals surface area contributed by atoms with Crippen molar-refractivity contribution >= 4 is 12.0 Å². The molecule has 0 aliphatic carbocycles. The van der Waals surface area contributed by atoms with Crippen molar-refractivity contribution in [2.24, 2.45) is 0 Å². The largest absolute Gasteiger partial charge is 0.493 e. The Morgan fingerprint density at radius 3 is 2.31 bits per heavy atom. The van der Waals surface area contributed by atoms with Crippen LogP contribution < -0.4 is 14.2 Å². The van der Waals surface area contributed by atoms with Gasteiger partial charge in [-0.1, -0.05) is 35.5 Å². The Morgan fingerprint density at radius 2 is 1.69 bits per heavy atom. The lowest BCUT2D eigenvalue weighted by Crippen LogP contribution is -2.01. The van der Waals surface area contributed by atoms with Crippen LogP contribution in [-0.2, 0) is 16.1 Å². The number of nitrogens with zero attached hydrogens (tertiary/aromatic N) is 1. The molecule has 0 bridgehead atoms. The van der Waals surface area contributed by atoms with E-state index in [4.69, 9.17) is 23.5 Å². The summed E-state index contributed by atoms with van der Waals surface area (Å²) in [6, 6.07) is 14.8. The molecule has 150 valence electrons. The quantitative estimate of drug-likeness (QED) is 0.419. The molecular weight excluding hydrogens is 374 g/mol. The first-order chi connectivity index (χ1) is 14.1. The molecule has 3 rings (SSSR count). The molecule has 0 unspecified atom stereocenters. The molecule has 0 radical (unpaired) electrons. The van der Waals surface area contributed by atoms with Gasteiger partial charge in [0, 0.05) is 17.7 Å². The summed E-state index contributed by atoms with van der Waals surface area (Å²) in [6.45, 7) is 0.00869. The Kier molecular flexibility index (Phi) is 6.52. The summed E-state index contributed by atoms with van der Waals surface area (Å²) in [5.74, 6) is 1.58. The van der Waals surface area contributed by atoms with Gasteiger partial charge in [0.05, 0.1) is 21.3 Å². The second-order valence-electron chi connectivity index (χ2n) is 5.95. The zero-order valence-corrected chi connectivity index (χ0v) is 16.4. The molecule has 0 N–H and O–H groups in total. The third-order valence-electron chi connectivity index (χ3n) is 4.08. The molecule has 7 heteroatoms. The van der Waals surface area contributed by atoms with Crippen LogP contribution in [0.1, 0.15) is 11.3 Å². The van der Waals surface area contributed by atoms with E-state index in [1.807, 2.05) is 30.3 Å². The van der Waals surface area contributed by atoms with E-state index in [0.29, 0.717) is 34.3 Å². The average molecular weight is 395 g/mol. The van der Waals surface area contributed by atoms with Crippen molar-refractivity contribution in [2.45, 2.75) is 6.61 Å². The third-order valence-corrected chi connectivity index (χ3v) is 4.08. The molecule has 0 spiro atoms. The highest BCUT2D eigenvalue weighted by molar-refractivity contribution is 5.87. The molecule has 0 aliphatic heterocycles. The van der Waals surface area contributed by atoms with Gasteiger partial charge < -0.3 is 23.5 Å². The number of rotatable bonds is 8. The summed E-state index contributed by atoms with van der Waals surface area (Å²) >= 11 is 0. The minimum absolute atomic E-state index is 0.00869. The molecule has 0 aliphatic rings. The van der Waals surface area contributed by atoms with E-state index < -0.39 is 5.97 Å². The van der Waals surface area contributed by atoms with E-state index in [0.717, 1.165) is 5.56 Å². The third kappa shape index (κ3) is 4.95. The van der Waals surface area contributed by atoms with Crippen molar-refractivity contribution in [3.05, 3.63) is 65.9 Å². The Hall–Kier alpha value is -3.74. The minimum Gasteiger partial charge on any atom is -0.493 e. The van der Waals surface area contributed by atoms with E-state index in [1.165, 1.54) is 27.4 Å².